The highest BCUT2D eigenvalue weighted by atomic mass is 31.2. The molecule has 7 nitrogen and oxygen atoms in total. The first kappa shape index (κ1) is 146. The molecule has 0 radical (unpaired) electrons. The van der Waals surface area contributed by atoms with Crippen molar-refractivity contribution in [3.63, 3.8) is 0 Å². The Hall–Kier alpha value is -6.31. The Labute approximate surface area is 728 Å². The molecular weight excluding hydrogens is 2420 g/mol. The minimum atomic E-state index is -8.96. The van der Waals surface area contributed by atoms with Gasteiger partial charge in [-0.05, 0) is 0 Å². The van der Waals surface area contributed by atoms with E-state index in [9.17, 15) is 395 Å². The van der Waals surface area contributed by atoms with Crippen molar-refractivity contribution in [1.82, 2.24) is 16.0 Å². The lowest BCUT2D eigenvalue weighted by Gasteiger charge is -2.42. The third-order valence-corrected chi connectivity index (χ3v) is 16.4. The second-order valence-electron chi connectivity index (χ2n) is 26.8. The molecule has 98 heteroatoms. The SMILES string of the molecule is FC(F)(F)C(F)(F)C(F)(F)C(F)(F)C(F)(F)C(F)(F)C(F)(F)CNCC(F)(F)C(F)(F)C(F)(F)C(F)(F)C(F)(F)C(F)(F)C(F)(F)F.FC(F)(F)C(F)(F)C(F)(F)C(F)(F)C(F)(F)C(F)(F)C(F)(F)CNCC(F)(F)C(F)(F)C(F)(F)C(F)(F)C(F)(F)C(F)(F)C(F)(F)F.FC(F)(F)C(F)(F)C(F)(F)C(F)(F)C(F)(F)C(F)(F)C(F)(F)CNCC(F)(F)C(F)(F)C(F)(F)C(F)(F)C(F)(F)C(F)(F)C(F)(F)F.O=P(O)(O)O. The van der Waals surface area contributed by atoms with E-state index in [4.69, 9.17) is 19.2 Å². The Bertz CT molecular complexity index is 3670. The number of nitrogens with one attached hydrogen (secondary N) is 3. The van der Waals surface area contributed by atoms with E-state index in [0.717, 1.165) is 0 Å². The summed E-state index contributed by atoms with van der Waals surface area (Å²) in [5, 5.41) is -1.61. The van der Waals surface area contributed by atoms with Crippen LogP contribution in [0.25, 0.3) is 0 Å². The maximum Gasteiger partial charge on any atom is 0.466 e. The zero-order valence-electron chi connectivity index (χ0n) is 63.0. The Kier molecular flexibility index (Phi) is 38.7. The smallest absolute Gasteiger partial charge is 0.305 e. The minimum absolute atomic E-state index is 0.536. The largest absolute Gasteiger partial charge is 0.466 e. The van der Waals surface area contributed by atoms with Gasteiger partial charge < -0.3 is 30.6 Å². The number of halogens is 90. The van der Waals surface area contributed by atoms with Gasteiger partial charge in [0.05, 0.1) is 39.3 Å². The minimum Gasteiger partial charge on any atom is -0.305 e. The van der Waals surface area contributed by atoms with E-state index >= 15 is 0 Å². The van der Waals surface area contributed by atoms with Crippen LogP contribution >= 0.6 is 7.82 Å². The lowest BCUT2D eigenvalue weighted by molar-refractivity contribution is -0.453. The van der Waals surface area contributed by atoms with Crippen LogP contribution in [0.15, 0.2) is 0 Å². The number of hydrogen-bond acceptors (Lipinski definition) is 4. The fourth-order valence-electron chi connectivity index (χ4n) is 7.79. The van der Waals surface area contributed by atoms with Gasteiger partial charge in [-0.2, -0.15) is 395 Å². The molecule has 0 heterocycles. The summed E-state index contributed by atoms with van der Waals surface area (Å²) in [6.07, 6.45) is -48.3. The molecular formula is C48H18F90N3O4P. The molecule has 0 aromatic rings. The second-order valence-corrected chi connectivity index (χ2v) is 27.8. The molecule has 0 aromatic carbocycles. The van der Waals surface area contributed by atoms with Crippen molar-refractivity contribution >= 4 is 7.82 Å². The molecule has 0 amide bonds. The van der Waals surface area contributed by atoms with Crippen LogP contribution in [-0.4, -0.2) is 304 Å². The monoisotopic (exact) mass is 2440 g/mol. The topological polar surface area (TPSA) is 114 Å². The lowest BCUT2D eigenvalue weighted by atomic mass is 9.90. The highest BCUT2D eigenvalue weighted by Gasteiger charge is 3.01. The number of rotatable bonds is 42. The van der Waals surface area contributed by atoms with E-state index < -0.39 is 313 Å². The quantitative estimate of drug-likeness (QED) is 0.0267. The summed E-state index contributed by atoms with van der Waals surface area (Å²) in [6.45, 7) is -25.3. The first-order valence-electron chi connectivity index (χ1n) is 31.0. The van der Waals surface area contributed by atoms with Crippen molar-refractivity contribution < 1.29 is 414 Å². The van der Waals surface area contributed by atoms with Gasteiger partial charge in [-0.1, -0.05) is 0 Å². The summed E-state index contributed by atoms with van der Waals surface area (Å²) in [4.78, 5) is 21.6. The van der Waals surface area contributed by atoms with E-state index in [2.05, 4.69) is 0 Å². The molecule has 0 fully saturated rings. The summed E-state index contributed by atoms with van der Waals surface area (Å²) in [7, 11) is -4.64. The van der Waals surface area contributed by atoms with E-state index in [1.165, 1.54) is 0 Å². The summed E-state index contributed by atoms with van der Waals surface area (Å²) >= 11 is 0. The van der Waals surface area contributed by atoms with Crippen LogP contribution in [0, 0.1) is 0 Å². The summed E-state index contributed by atoms with van der Waals surface area (Å²) < 4.78 is 1180. The van der Waals surface area contributed by atoms with Gasteiger partial charge in [0.25, 0.3) is 0 Å². The van der Waals surface area contributed by atoms with E-state index in [-0.39, 0.29) is 0 Å². The van der Waals surface area contributed by atoms with E-state index in [0.29, 0.717) is 0 Å². The van der Waals surface area contributed by atoms with Crippen molar-refractivity contribution in [3.05, 3.63) is 0 Å². The fourth-order valence-corrected chi connectivity index (χ4v) is 7.79. The second kappa shape index (κ2) is 38.7. The molecule has 6 N–H and O–H groups in total. The Morgan fingerprint density at radius 3 is 0.212 bits per heavy atom. The molecule has 884 valence electrons. The van der Waals surface area contributed by atoms with Crippen molar-refractivity contribution in [1.29, 1.82) is 0 Å². The average molecular weight is 2440 g/mol. The Morgan fingerprint density at radius 2 is 0.158 bits per heavy atom. The zero-order chi connectivity index (χ0) is 122. The zero-order valence-corrected chi connectivity index (χ0v) is 63.9. The predicted molar refractivity (Wildman–Crippen MR) is 267 cm³/mol. The van der Waals surface area contributed by atoms with E-state index in [1.807, 2.05) is 0 Å². The molecule has 0 aliphatic heterocycles. The highest BCUT2D eigenvalue weighted by molar-refractivity contribution is 7.45. The molecule has 0 rings (SSSR count). The van der Waals surface area contributed by atoms with Crippen LogP contribution in [0.5, 0.6) is 0 Å². The van der Waals surface area contributed by atoms with Crippen LogP contribution in [-0.2, 0) is 4.57 Å². The molecule has 0 unspecified atom stereocenters. The maximum atomic E-state index is 13.6. The Morgan fingerprint density at radius 1 is 0.110 bits per heavy atom. The van der Waals surface area contributed by atoms with E-state index in [1.54, 1.807) is 0 Å². The molecule has 0 atom stereocenters. The molecule has 0 bridgehead atoms. The normalized spacial score (nSPS) is 16.8. The van der Waals surface area contributed by atoms with Gasteiger partial charge in [-0.25, -0.2) is 4.57 Å². The molecule has 0 saturated carbocycles. The summed E-state index contributed by atoms with van der Waals surface area (Å²) in [5.41, 5.74) is 0. The predicted octanol–water partition coefficient (Wildman–Crippen LogP) is 27.0. The van der Waals surface area contributed by atoms with Gasteiger partial charge in [0.1, 0.15) is 0 Å². The molecule has 0 aliphatic rings. The van der Waals surface area contributed by atoms with Crippen molar-refractivity contribution in [2.75, 3.05) is 39.3 Å². The third-order valence-electron chi connectivity index (χ3n) is 16.4. The maximum absolute atomic E-state index is 13.6. The van der Waals surface area contributed by atoms with Gasteiger partial charge in [0.2, 0.25) is 0 Å². The standard InChI is InChI=1S/3C16H5F30N.H3O4P/c3*17-3(18,5(21,22)7(25,26)9(29,30)11(33,34)13(37,38)15(41,42)43)1-47-2-4(19,20)6(23,24)8(27,28)10(31,32)12(35,36)14(39,40)16(44,45)46;1-5(2,3)4/h3*47H,1-2H2;(H3,1,2,3,4). The van der Waals surface area contributed by atoms with Crippen LogP contribution in [0.3, 0.4) is 0 Å². The van der Waals surface area contributed by atoms with Gasteiger partial charge in [-0.15, -0.1) is 0 Å². The van der Waals surface area contributed by atoms with Crippen LogP contribution in [0.1, 0.15) is 0 Å². The number of phosphoric acid groups is 1. The van der Waals surface area contributed by atoms with Crippen molar-refractivity contribution in [3.8, 4) is 0 Å². The lowest BCUT2D eigenvalue weighted by Crippen LogP contribution is -2.74. The van der Waals surface area contributed by atoms with Crippen LogP contribution < -0.4 is 16.0 Å². The van der Waals surface area contributed by atoms with Gasteiger partial charge in [-0.3, -0.25) is 0 Å². The average Bonchev–Trinajstić information content (AvgIpc) is 0.649. The van der Waals surface area contributed by atoms with Crippen LogP contribution in [0.2, 0.25) is 0 Å². The number of hydrogen-bond donors (Lipinski definition) is 6. The van der Waals surface area contributed by atoms with Gasteiger partial charge >= 0.3 is 258 Å². The molecule has 0 saturated heterocycles. The van der Waals surface area contributed by atoms with Crippen LogP contribution in [0.4, 0.5) is 395 Å². The molecule has 146 heavy (non-hydrogen) atoms. The van der Waals surface area contributed by atoms with Gasteiger partial charge in [0, 0.05) is 0 Å². The molecule has 0 aliphatic carbocycles. The fraction of sp³-hybridized carbons (Fsp3) is 1.00. The van der Waals surface area contributed by atoms with Gasteiger partial charge in [0.15, 0.2) is 0 Å². The summed E-state index contributed by atoms with van der Waals surface area (Å²) in [6, 6.07) is 0. The first-order valence-corrected chi connectivity index (χ1v) is 32.6. The van der Waals surface area contributed by atoms with Crippen molar-refractivity contribution in [2.24, 2.45) is 0 Å². The first-order chi connectivity index (χ1) is 61.1. The number of alkyl halides is 90. The highest BCUT2D eigenvalue weighted by Crippen LogP contribution is 2.72. The van der Waals surface area contributed by atoms with Crippen molar-refractivity contribution in [2.45, 2.75) is 250 Å². The molecule has 0 aromatic heterocycles. The molecule has 0 spiro atoms. The summed E-state index contributed by atoms with van der Waals surface area (Å²) in [5.74, 6) is -308. The Balaban J connectivity index is -0.00000101. The third kappa shape index (κ3) is 22.0.